The lowest BCUT2D eigenvalue weighted by molar-refractivity contribution is 0.0773. The molecule has 2 N–H and O–H groups in total. The molecule has 1 amide bonds. The number of rotatable bonds is 5. The molecule has 2 aromatic rings. The zero-order valence-corrected chi connectivity index (χ0v) is 12.3. The second-order valence-electron chi connectivity index (χ2n) is 5.10. The molecule has 0 aliphatic heterocycles. The number of amides is 1. The van der Waals surface area contributed by atoms with Crippen LogP contribution in [-0.4, -0.2) is 22.4 Å². The summed E-state index contributed by atoms with van der Waals surface area (Å²) in [5, 5.41) is 0. The fourth-order valence-electron chi connectivity index (χ4n) is 2.29. The number of benzene rings is 1. The van der Waals surface area contributed by atoms with E-state index >= 15 is 0 Å². The molecule has 2 rings (SSSR count). The van der Waals surface area contributed by atoms with Crippen LogP contribution in [0.3, 0.4) is 0 Å². The molecule has 0 saturated carbocycles. The SMILES string of the molecule is CCCn1cc(N)cc1C(=O)N(C)Cc1ccccc1F. The van der Waals surface area contributed by atoms with Crippen LogP contribution in [0.15, 0.2) is 36.5 Å². The lowest BCUT2D eigenvalue weighted by atomic mass is 10.2. The zero-order chi connectivity index (χ0) is 15.4. The summed E-state index contributed by atoms with van der Waals surface area (Å²) in [5.41, 5.74) is 7.36. The average molecular weight is 289 g/mol. The number of aromatic nitrogens is 1. The van der Waals surface area contributed by atoms with Crippen LogP contribution in [0.4, 0.5) is 10.1 Å². The van der Waals surface area contributed by atoms with E-state index in [9.17, 15) is 9.18 Å². The van der Waals surface area contributed by atoms with Gasteiger partial charge in [0.15, 0.2) is 0 Å². The van der Waals surface area contributed by atoms with Crippen LogP contribution in [0.25, 0.3) is 0 Å². The Labute approximate surface area is 124 Å². The third kappa shape index (κ3) is 3.42. The Morgan fingerprint density at radius 3 is 2.76 bits per heavy atom. The molecule has 0 radical (unpaired) electrons. The highest BCUT2D eigenvalue weighted by Gasteiger charge is 2.18. The fraction of sp³-hybridized carbons (Fsp3) is 0.312. The first-order valence-electron chi connectivity index (χ1n) is 6.97. The number of nitrogens with two attached hydrogens (primary N) is 1. The third-order valence-corrected chi connectivity index (χ3v) is 3.31. The van der Waals surface area contributed by atoms with Crippen LogP contribution in [0.2, 0.25) is 0 Å². The minimum Gasteiger partial charge on any atom is -0.397 e. The van der Waals surface area contributed by atoms with Crippen LogP contribution < -0.4 is 5.73 Å². The van der Waals surface area contributed by atoms with E-state index in [2.05, 4.69) is 0 Å². The first-order chi connectivity index (χ1) is 10.0. The van der Waals surface area contributed by atoms with Gasteiger partial charge in [0.2, 0.25) is 0 Å². The molecule has 21 heavy (non-hydrogen) atoms. The minimum atomic E-state index is -0.305. The molecule has 0 atom stereocenters. The van der Waals surface area contributed by atoms with Gasteiger partial charge in [-0.1, -0.05) is 25.1 Å². The summed E-state index contributed by atoms with van der Waals surface area (Å²) in [5.74, 6) is -0.469. The molecule has 0 bridgehead atoms. The quantitative estimate of drug-likeness (QED) is 0.920. The number of hydrogen-bond donors (Lipinski definition) is 1. The summed E-state index contributed by atoms with van der Waals surface area (Å²) < 4.78 is 15.5. The molecule has 112 valence electrons. The molecule has 0 aliphatic carbocycles. The van der Waals surface area contributed by atoms with E-state index in [0.717, 1.165) is 13.0 Å². The van der Waals surface area contributed by atoms with Gasteiger partial charge in [-0.05, 0) is 18.6 Å². The van der Waals surface area contributed by atoms with Gasteiger partial charge in [-0.25, -0.2) is 4.39 Å². The van der Waals surface area contributed by atoms with Crippen LogP contribution in [0.5, 0.6) is 0 Å². The van der Waals surface area contributed by atoms with Crippen molar-refractivity contribution in [2.75, 3.05) is 12.8 Å². The predicted octanol–water partition coefficient (Wildman–Crippen LogP) is 2.89. The summed E-state index contributed by atoms with van der Waals surface area (Å²) in [6.07, 6.45) is 2.67. The number of hydrogen-bond acceptors (Lipinski definition) is 2. The van der Waals surface area contributed by atoms with Crippen molar-refractivity contribution in [3.8, 4) is 0 Å². The van der Waals surface area contributed by atoms with Gasteiger partial charge in [-0.3, -0.25) is 4.79 Å². The molecule has 0 saturated heterocycles. The number of anilines is 1. The maximum absolute atomic E-state index is 13.7. The molecular formula is C16H20FN3O. The Bertz CT molecular complexity index is 636. The number of halogens is 1. The van der Waals surface area contributed by atoms with E-state index in [4.69, 9.17) is 5.73 Å². The molecule has 0 spiro atoms. The first-order valence-corrected chi connectivity index (χ1v) is 6.97. The summed E-state index contributed by atoms with van der Waals surface area (Å²) in [6, 6.07) is 8.13. The monoisotopic (exact) mass is 289 g/mol. The van der Waals surface area contributed by atoms with Crippen molar-refractivity contribution in [1.82, 2.24) is 9.47 Å². The van der Waals surface area contributed by atoms with Crippen molar-refractivity contribution in [3.05, 3.63) is 53.6 Å². The first kappa shape index (κ1) is 15.1. The van der Waals surface area contributed by atoms with Gasteiger partial charge in [0.05, 0.1) is 5.69 Å². The zero-order valence-electron chi connectivity index (χ0n) is 12.3. The predicted molar refractivity (Wildman–Crippen MR) is 81.3 cm³/mol. The van der Waals surface area contributed by atoms with Gasteiger partial charge in [0.1, 0.15) is 11.5 Å². The third-order valence-electron chi connectivity index (χ3n) is 3.31. The van der Waals surface area contributed by atoms with Crippen molar-refractivity contribution >= 4 is 11.6 Å². The van der Waals surface area contributed by atoms with E-state index in [0.29, 0.717) is 16.9 Å². The largest absolute Gasteiger partial charge is 0.397 e. The lowest BCUT2D eigenvalue weighted by Gasteiger charge is -2.18. The summed E-state index contributed by atoms with van der Waals surface area (Å²) in [7, 11) is 1.66. The normalized spacial score (nSPS) is 10.6. The minimum absolute atomic E-state index is 0.164. The number of nitrogen functional groups attached to an aromatic ring is 1. The number of carbonyl (C=O) groups excluding carboxylic acids is 1. The molecule has 1 heterocycles. The molecule has 5 heteroatoms. The van der Waals surface area contributed by atoms with Gasteiger partial charge in [0.25, 0.3) is 5.91 Å². The average Bonchev–Trinajstić information content (AvgIpc) is 2.81. The van der Waals surface area contributed by atoms with Crippen LogP contribution in [0.1, 0.15) is 29.4 Å². The molecular weight excluding hydrogens is 269 g/mol. The van der Waals surface area contributed by atoms with Gasteiger partial charge < -0.3 is 15.2 Å². The van der Waals surface area contributed by atoms with E-state index < -0.39 is 0 Å². The fourth-order valence-corrected chi connectivity index (χ4v) is 2.29. The van der Waals surface area contributed by atoms with Gasteiger partial charge >= 0.3 is 0 Å². The van der Waals surface area contributed by atoms with E-state index in [1.165, 1.54) is 11.0 Å². The van der Waals surface area contributed by atoms with Crippen molar-refractivity contribution in [3.63, 3.8) is 0 Å². The second-order valence-corrected chi connectivity index (χ2v) is 5.10. The maximum Gasteiger partial charge on any atom is 0.270 e. The number of nitrogens with zero attached hydrogens (tertiary/aromatic N) is 2. The van der Waals surface area contributed by atoms with Crippen LogP contribution >= 0.6 is 0 Å². The number of carbonyl (C=O) groups is 1. The summed E-state index contributed by atoms with van der Waals surface area (Å²) >= 11 is 0. The Hall–Kier alpha value is -2.30. The van der Waals surface area contributed by atoms with Gasteiger partial charge in [0, 0.05) is 31.9 Å². The lowest BCUT2D eigenvalue weighted by Crippen LogP contribution is -2.28. The Morgan fingerprint density at radius 2 is 2.10 bits per heavy atom. The van der Waals surface area contributed by atoms with Crippen molar-refractivity contribution in [2.45, 2.75) is 26.4 Å². The summed E-state index contributed by atoms with van der Waals surface area (Å²) in [4.78, 5) is 14.0. The van der Waals surface area contributed by atoms with Crippen molar-refractivity contribution in [2.24, 2.45) is 0 Å². The Balaban J connectivity index is 2.18. The Kier molecular flexibility index (Phi) is 4.62. The molecule has 0 aliphatic rings. The Morgan fingerprint density at radius 1 is 1.38 bits per heavy atom. The van der Waals surface area contributed by atoms with Crippen LogP contribution in [-0.2, 0) is 13.1 Å². The van der Waals surface area contributed by atoms with Gasteiger partial charge in [-0.2, -0.15) is 0 Å². The molecule has 1 aromatic heterocycles. The molecule has 1 aromatic carbocycles. The molecule has 0 unspecified atom stereocenters. The summed E-state index contributed by atoms with van der Waals surface area (Å²) in [6.45, 7) is 2.99. The highest BCUT2D eigenvalue weighted by Crippen LogP contribution is 2.16. The smallest absolute Gasteiger partial charge is 0.270 e. The van der Waals surface area contributed by atoms with Crippen molar-refractivity contribution < 1.29 is 9.18 Å². The maximum atomic E-state index is 13.7. The van der Waals surface area contributed by atoms with E-state index in [1.54, 1.807) is 37.5 Å². The van der Waals surface area contributed by atoms with Crippen molar-refractivity contribution in [1.29, 1.82) is 0 Å². The number of aryl methyl sites for hydroxylation is 1. The molecule has 0 fully saturated rings. The molecule has 4 nitrogen and oxygen atoms in total. The highest BCUT2D eigenvalue weighted by molar-refractivity contribution is 5.93. The second kappa shape index (κ2) is 6.43. The van der Waals surface area contributed by atoms with Gasteiger partial charge in [-0.15, -0.1) is 0 Å². The van der Waals surface area contributed by atoms with E-state index in [-0.39, 0.29) is 18.3 Å². The van der Waals surface area contributed by atoms with E-state index in [1.807, 2.05) is 11.5 Å². The highest BCUT2D eigenvalue weighted by atomic mass is 19.1. The van der Waals surface area contributed by atoms with Crippen LogP contribution in [0, 0.1) is 5.82 Å². The standard InChI is InChI=1S/C16H20FN3O/c1-3-8-20-11-13(18)9-15(20)16(21)19(2)10-12-6-4-5-7-14(12)17/h4-7,9,11H,3,8,10,18H2,1-2H3. The topological polar surface area (TPSA) is 51.3 Å².